The van der Waals surface area contributed by atoms with Gasteiger partial charge < -0.3 is 20.3 Å². The van der Waals surface area contributed by atoms with E-state index in [2.05, 4.69) is 5.32 Å². The molecule has 0 saturated heterocycles. The van der Waals surface area contributed by atoms with Crippen molar-refractivity contribution in [3.63, 3.8) is 0 Å². The normalized spacial score (nSPS) is 16.0. The molecule has 1 amide bonds. The van der Waals surface area contributed by atoms with Crippen molar-refractivity contribution in [2.75, 3.05) is 13.2 Å². The largest absolute Gasteiger partial charge is 0.504 e. The van der Waals surface area contributed by atoms with Gasteiger partial charge in [-0.3, -0.25) is 9.59 Å². The van der Waals surface area contributed by atoms with E-state index in [1.165, 1.54) is 6.07 Å². The fourth-order valence-electron chi connectivity index (χ4n) is 2.11. The molecule has 0 bridgehead atoms. The Morgan fingerprint density at radius 3 is 2.55 bits per heavy atom. The van der Waals surface area contributed by atoms with Crippen molar-refractivity contribution in [2.45, 2.75) is 19.3 Å². The second kappa shape index (κ2) is 5.81. The lowest BCUT2D eigenvalue weighted by Crippen LogP contribution is -2.48. The smallest absolute Gasteiger partial charge is 0.311 e. The number of carbonyl (C=O) groups is 2. The highest BCUT2D eigenvalue weighted by Gasteiger charge is 2.44. The summed E-state index contributed by atoms with van der Waals surface area (Å²) in [6.07, 6.45) is 2.04. The predicted molar refractivity (Wildman–Crippen MR) is 70.5 cm³/mol. The van der Waals surface area contributed by atoms with Crippen molar-refractivity contribution < 1.29 is 24.5 Å². The first-order valence-corrected chi connectivity index (χ1v) is 6.44. The number of hydrogen-bond donors (Lipinski definition) is 3. The van der Waals surface area contributed by atoms with Crippen molar-refractivity contribution in [1.82, 2.24) is 5.32 Å². The third-order valence-corrected chi connectivity index (χ3v) is 3.61. The first kappa shape index (κ1) is 14.2. The van der Waals surface area contributed by atoms with Crippen LogP contribution in [0.1, 0.15) is 19.3 Å². The molecule has 0 radical (unpaired) electrons. The van der Waals surface area contributed by atoms with E-state index < -0.39 is 17.3 Å². The number of nitrogens with one attached hydrogen (secondary N) is 1. The molecule has 0 aromatic heterocycles. The lowest BCUT2D eigenvalue weighted by atomic mass is 9.69. The number of phenols is 1. The number of aromatic hydroxyl groups is 1. The molecule has 20 heavy (non-hydrogen) atoms. The van der Waals surface area contributed by atoms with Gasteiger partial charge in [0, 0.05) is 6.54 Å². The van der Waals surface area contributed by atoms with Gasteiger partial charge in [-0.2, -0.15) is 0 Å². The molecule has 0 atom stereocenters. The van der Waals surface area contributed by atoms with Gasteiger partial charge in [0.25, 0.3) is 5.91 Å². The SMILES string of the molecule is O=C(COc1ccccc1O)NCC1(C(=O)O)CCC1. The summed E-state index contributed by atoms with van der Waals surface area (Å²) in [7, 11) is 0. The van der Waals surface area contributed by atoms with Crippen LogP contribution in [0.5, 0.6) is 11.5 Å². The molecule has 2 rings (SSSR count). The highest BCUT2D eigenvalue weighted by atomic mass is 16.5. The summed E-state index contributed by atoms with van der Waals surface area (Å²) in [5.41, 5.74) is -0.815. The van der Waals surface area contributed by atoms with Gasteiger partial charge in [-0.1, -0.05) is 18.6 Å². The number of amides is 1. The summed E-state index contributed by atoms with van der Waals surface area (Å²) in [6, 6.07) is 6.34. The van der Waals surface area contributed by atoms with Gasteiger partial charge in [0.15, 0.2) is 18.1 Å². The minimum Gasteiger partial charge on any atom is -0.504 e. The average molecular weight is 279 g/mol. The van der Waals surface area contributed by atoms with Gasteiger partial charge in [-0.25, -0.2) is 0 Å². The molecular weight excluding hydrogens is 262 g/mol. The number of para-hydroxylation sites is 2. The number of carboxylic acids is 1. The van der Waals surface area contributed by atoms with Crippen molar-refractivity contribution in [3.05, 3.63) is 24.3 Å². The summed E-state index contributed by atoms with van der Waals surface area (Å²) >= 11 is 0. The van der Waals surface area contributed by atoms with Crippen LogP contribution >= 0.6 is 0 Å². The summed E-state index contributed by atoms with van der Waals surface area (Å²) in [6.45, 7) is -0.140. The third kappa shape index (κ3) is 3.01. The molecule has 6 nitrogen and oxygen atoms in total. The maximum Gasteiger partial charge on any atom is 0.311 e. The first-order chi connectivity index (χ1) is 9.53. The van der Waals surface area contributed by atoms with Gasteiger partial charge in [0.05, 0.1) is 5.41 Å². The van der Waals surface area contributed by atoms with Gasteiger partial charge in [-0.15, -0.1) is 0 Å². The summed E-state index contributed by atoms with van der Waals surface area (Å²) in [5, 5.41) is 21.2. The Hall–Kier alpha value is -2.24. The number of ether oxygens (including phenoxy) is 1. The fourth-order valence-corrected chi connectivity index (χ4v) is 2.11. The number of rotatable bonds is 6. The van der Waals surface area contributed by atoms with Gasteiger partial charge in [0.2, 0.25) is 0 Å². The van der Waals surface area contributed by atoms with Crippen LogP contribution in [0.25, 0.3) is 0 Å². The second-order valence-electron chi connectivity index (χ2n) is 4.97. The van der Waals surface area contributed by atoms with E-state index in [-0.39, 0.29) is 24.7 Å². The monoisotopic (exact) mass is 279 g/mol. The van der Waals surface area contributed by atoms with Crippen LogP contribution in [0.2, 0.25) is 0 Å². The average Bonchev–Trinajstić information content (AvgIpc) is 2.36. The van der Waals surface area contributed by atoms with Crippen LogP contribution in [0, 0.1) is 5.41 Å². The van der Waals surface area contributed by atoms with E-state index in [4.69, 9.17) is 9.84 Å². The molecule has 1 aromatic rings. The summed E-state index contributed by atoms with van der Waals surface area (Å²) in [5.74, 6) is -1.09. The van der Waals surface area contributed by atoms with E-state index in [9.17, 15) is 14.7 Å². The standard InChI is InChI=1S/C14H17NO5/c16-10-4-1-2-5-11(10)20-8-12(17)15-9-14(13(18)19)6-3-7-14/h1-2,4-5,16H,3,6-9H2,(H,15,17)(H,18,19). The molecule has 0 unspecified atom stereocenters. The van der Waals surface area contributed by atoms with Crippen LogP contribution in [-0.4, -0.2) is 35.2 Å². The van der Waals surface area contributed by atoms with Gasteiger partial charge in [0.1, 0.15) is 0 Å². The number of aliphatic carboxylic acids is 1. The van der Waals surface area contributed by atoms with Crippen molar-refractivity contribution in [1.29, 1.82) is 0 Å². The van der Waals surface area contributed by atoms with Crippen molar-refractivity contribution in [2.24, 2.45) is 5.41 Å². The highest BCUT2D eigenvalue weighted by Crippen LogP contribution is 2.40. The molecule has 1 aliphatic rings. The Balaban J connectivity index is 1.79. The molecule has 1 aliphatic carbocycles. The van der Waals surface area contributed by atoms with Crippen LogP contribution in [0.4, 0.5) is 0 Å². The zero-order chi connectivity index (χ0) is 14.6. The Kier molecular flexibility index (Phi) is 4.12. The van der Waals surface area contributed by atoms with Crippen molar-refractivity contribution >= 4 is 11.9 Å². The molecule has 3 N–H and O–H groups in total. The van der Waals surface area contributed by atoms with Crippen LogP contribution in [-0.2, 0) is 9.59 Å². The van der Waals surface area contributed by atoms with E-state index in [1.54, 1.807) is 18.2 Å². The molecule has 1 aromatic carbocycles. The maximum atomic E-state index is 11.6. The second-order valence-corrected chi connectivity index (χ2v) is 4.97. The first-order valence-electron chi connectivity index (χ1n) is 6.44. The molecule has 6 heteroatoms. The van der Waals surface area contributed by atoms with E-state index in [1.807, 2.05) is 0 Å². The third-order valence-electron chi connectivity index (χ3n) is 3.61. The number of hydrogen-bond acceptors (Lipinski definition) is 4. The molecule has 1 saturated carbocycles. The quantitative estimate of drug-likeness (QED) is 0.725. The van der Waals surface area contributed by atoms with Crippen LogP contribution in [0.15, 0.2) is 24.3 Å². The highest BCUT2D eigenvalue weighted by molar-refractivity contribution is 5.80. The Bertz CT molecular complexity index is 510. The van der Waals surface area contributed by atoms with Crippen LogP contribution < -0.4 is 10.1 Å². The zero-order valence-corrected chi connectivity index (χ0v) is 11.0. The number of carboxylic acid groups (broad SMARTS) is 1. The van der Waals surface area contributed by atoms with Crippen molar-refractivity contribution in [3.8, 4) is 11.5 Å². The Morgan fingerprint density at radius 1 is 1.30 bits per heavy atom. The summed E-state index contributed by atoms with van der Waals surface area (Å²) in [4.78, 5) is 22.8. The molecule has 0 spiro atoms. The minimum atomic E-state index is -0.870. The Morgan fingerprint density at radius 2 is 2.00 bits per heavy atom. The maximum absolute atomic E-state index is 11.6. The molecule has 0 aliphatic heterocycles. The van der Waals surface area contributed by atoms with E-state index in [0.29, 0.717) is 12.8 Å². The molecule has 1 fully saturated rings. The van der Waals surface area contributed by atoms with E-state index in [0.717, 1.165) is 6.42 Å². The molecule has 108 valence electrons. The molecule has 0 heterocycles. The predicted octanol–water partition coefficient (Wildman–Crippen LogP) is 1.14. The van der Waals surface area contributed by atoms with E-state index >= 15 is 0 Å². The van der Waals surface area contributed by atoms with Gasteiger partial charge >= 0.3 is 5.97 Å². The fraction of sp³-hybridized carbons (Fsp3) is 0.429. The zero-order valence-electron chi connectivity index (χ0n) is 11.0. The number of carbonyl (C=O) groups excluding carboxylic acids is 1. The topological polar surface area (TPSA) is 95.9 Å². The number of benzene rings is 1. The van der Waals surface area contributed by atoms with Crippen LogP contribution in [0.3, 0.4) is 0 Å². The number of phenolic OH excluding ortho intramolecular Hbond substituents is 1. The lowest BCUT2D eigenvalue weighted by molar-refractivity contribution is -0.154. The van der Waals surface area contributed by atoms with Gasteiger partial charge in [-0.05, 0) is 25.0 Å². The summed E-state index contributed by atoms with van der Waals surface area (Å²) < 4.78 is 5.17. The Labute approximate surface area is 116 Å². The lowest BCUT2D eigenvalue weighted by Gasteiger charge is -2.37. The minimum absolute atomic E-state index is 0.0405. The molecular formula is C14H17NO5.